The molecule has 0 aliphatic carbocycles. The van der Waals surface area contributed by atoms with Gasteiger partial charge in [0.15, 0.2) is 0 Å². The Balaban J connectivity index is 2.43. The van der Waals surface area contributed by atoms with Crippen molar-refractivity contribution in [3.63, 3.8) is 0 Å². The monoisotopic (exact) mass is 238 g/mol. The van der Waals surface area contributed by atoms with Gasteiger partial charge in [-0.1, -0.05) is 49.6 Å². The Morgan fingerprint density at radius 2 is 2.00 bits per heavy atom. The molecular weight excluding hydrogens is 223 g/mol. The van der Waals surface area contributed by atoms with Crippen LogP contribution in [-0.2, 0) is 0 Å². The predicted molar refractivity (Wildman–Crippen MR) is 67.0 cm³/mol. The van der Waals surface area contributed by atoms with Gasteiger partial charge in [0.25, 0.3) is 0 Å². The molecule has 0 spiro atoms. The first-order valence-corrected chi connectivity index (χ1v) is 6.05. The zero-order chi connectivity index (χ0) is 11.8. The molecular formula is C14H16ClF. The summed E-state index contributed by atoms with van der Waals surface area (Å²) in [7, 11) is 0. The van der Waals surface area contributed by atoms with Gasteiger partial charge in [-0.25, -0.2) is 4.39 Å². The molecule has 2 heteroatoms. The Kier molecular flexibility index (Phi) is 5.96. The molecule has 0 aliphatic rings. The second kappa shape index (κ2) is 7.30. The lowest BCUT2D eigenvalue weighted by Crippen LogP contribution is -1.79. The molecule has 86 valence electrons. The minimum absolute atomic E-state index is 0.331. The lowest BCUT2D eigenvalue weighted by atomic mass is 10.1. The Morgan fingerprint density at radius 3 is 2.69 bits per heavy atom. The zero-order valence-electron chi connectivity index (χ0n) is 9.52. The second-order valence-corrected chi connectivity index (χ2v) is 4.21. The molecule has 0 amide bonds. The van der Waals surface area contributed by atoms with Crippen molar-refractivity contribution in [3.05, 3.63) is 34.6 Å². The van der Waals surface area contributed by atoms with Crippen molar-refractivity contribution in [2.75, 3.05) is 0 Å². The van der Waals surface area contributed by atoms with Crippen LogP contribution in [-0.4, -0.2) is 0 Å². The van der Waals surface area contributed by atoms with Crippen molar-refractivity contribution >= 4 is 11.6 Å². The summed E-state index contributed by atoms with van der Waals surface area (Å²) in [6.45, 7) is 2.18. The third-order valence-corrected chi connectivity index (χ3v) is 2.47. The maximum atomic E-state index is 13.0. The zero-order valence-corrected chi connectivity index (χ0v) is 10.3. The number of hydrogen-bond donors (Lipinski definition) is 0. The van der Waals surface area contributed by atoms with Crippen LogP contribution in [0.1, 0.15) is 44.6 Å². The molecule has 0 fully saturated rings. The molecule has 0 N–H and O–H groups in total. The van der Waals surface area contributed by atoms with E-state index in [4.69, 9.17) is 11.6 Å². The summed E-state index contributed by atoms with van der Waals surface area (Å²) in [5, 5.41) is 0.398. The Morgan fingerprint density at radius 1 is 1.19 bits per heavy atom. The van der Waals surface area contributed by atoms with E-state index in [1.54, 1.807) is 6.07 Å². The predicted octanol–water partition coefficient (Wildman–Crippen LogP) is 4.80. The molecule has 1 rings (SSSR count). The minimum atomic E-state index is -0.331. The number of hydrogen-bond acceptors (Lipinski definition) is 0. The van der Waals surface area contributed by atoms with Gasteiger partial charge in [-0.15, -0.1) is 0 Å². The Labute approximate surface area is 102 Å². The summed E-state index contributed by atoms with van der Waals surface area (Å²) < 4.78 is 13.0. The highest BCUT2D eigenvalue weighted by atomic mass is 35.5. The fourth-order valence-electron chi connectivity index (χ4n) is 1.43. The number of unbranched alkanes of at least 4 members (excludes halogenated alkanes) is 4. The highest BCUT2D eigenvalue weighted by Crippen LogP contribution is 2.13. The molecule has 0 aliphatic heterocycles. The largest absolute Gasteiger partial charge is 0.207 e. The average Bonchev–Trinajstić information content (AvgIpc) is 2.22. The topological polar surface area (TPSA) is 0 Å². The van der Waals surface area contributed by atoms with E-state index >= 15 is 0 Å². The smallest absolute Gasteiger partial charge is 0.125 e. The molecule has 0 nitrogen and oxygen atoms in total. The maximum Gasteiger partial charge on any atom is 0.125 e. The van der Waals surface area contributed by atoms with Gasteiger partial charge in [0, 0.05) is 17.0 Å². The number of benzene rings is 1. The van der Waals surface area contributed by atoms with Crippen molar-refractivity contribution in [2.24, 2.45) is 0 Å². The highest BCUT2D eigenvalue weighted by Gasteiger charge is 1.95. The summed E-state index contributed by atoms with van der Waals surface area (Å²) in [5.74, 6) is 5.64. The van der Waals surface area contributed by atoms with E-state index in [2.05, 4.69) is 18.8 Å². The first-order valence-electron chi connectivity index (χ1n) is 5.67. The first-order chi connectivity index (χ1) is 7.72. The molecule has 0 heterocycles. The van der Waals surface area contributed by atoms with Gasteiger partial charge in [0.05, 0.1) is 0 Å². The van der Waals surface area contributed by atoms with E-state index in [0.717, 1.165) is 12.8 Å². The molecule has 1 aromatic carbocycles. The second-order valence-electron chi connectivity index (χ2n) is 3.77. The maximum absolute atomic E-state index is 13.0. The standard InChI is InChI=1S/C14H16ClF/c1-2-3-4-5-6-7-8-12-9-13(15)11-14(16)10-12/h9-11H,2-6H2,1H3. The van der Waals surface area contributed by atoms with Crippen molar-refractivity contribution in [1.29, 1.82) is 0 Å². The minimum Gasteiger partial charge on any atom is -0.207 e. The van der Waals surface area contributed by atoms with Crippen LogP contribution < -0.4 is 0 Å². The summed E-state index contributed by atoms with van der Waals surface area (Å²) in [6.07, 6.45) is 5.69. The lowest BCUT2D eigenvalue weighted by molar-refractivity contribution is 0.627. The molecule has 16 heavy (non-hydrogen) atoms. The van der Waals surface area contributed by atoms with Crippen LogP contribution in [0.15, 0.2) is 18.2 Å². The van der Waals surface area contributed by atoms with E-state index in [0.29, 0.717) is 10.6 Å². The fourth-order valence-corrected chi connectivity index (χ4v) is 1.65. The normalized spacial score (nSPS) is 9.69. The van der Waals surface area contributed by atoms with Crippen molar-refractivity contribution in [1.82, 2.24) is 0 Å². The molecule has 0 atom stereocenters. The molecule has 0 bridgehead atoms. The van der Waals surface area contributed by atoms with E-state index in [9.17, 15) is 4.39 Å². The third kappa shape index (κ3) is 5.19. The van der Waals surface area contributed by atoms with Gasteiger partial charge in [0.1, 0.15) is 5.82 Å². The van der Waals surface area contributed by atoms with E-state index in [1.165, 1.54) is 31.4 Å². The van der Waals surface area contributed by atoms with Gasteiger partial charge in [-0.3, -0.25) is 0 Å². The van der Waals surface area contributed by atoms with Gasteiger partial charge in [0.2, 0.25) is 0 Å². The van der Waals surface area contributed by atoms with E-state index in [-0.39, 0.29) is 5.82 Å². The lowest BCUT2D eigenvalue weighted by Gasteiger charge is -1.94. The molecule has 0 aromatic heterocycles. The molecule has 1 aromatic rings. The summed E-state index contributed by atoms with van der Waals surface area (Å²) in [4.78, 5) is 0. The van der Waals surface area contributed by atoms with Crippen molar-refractivity contribution < 1.29 is 4.39 Å². The first kappa shape index (κ1) is 13.1. The van der Waals surface area contributed by atoms with Crippen LogP contribution in [0, 0.1) is 17.7 Å². The SMILES string of the molecule is CCCCCCC#Cc1cc(F)cc(Cl)c1. The third-order valence-electron chi connectivity index (χ3n) is 2.25. The van der Waals surface area contributed by atoms with Gasteiger partial charge in [-0.05, 0) is 24.6 Å². The van der Waals surface area contributed by atoms with Crippen molar-refractivity contribution in [3.8, 4) is 11.8 Å². The van der Waals surface area contributed by atoms with Crippen LogP contribution in [0.25, 0.3) is 0 Å². The summed E-state index contributed by atoms with van der Waals surface area (Å²) >= 11 is 5.72. The van der Waals surface area contributed by atoms with E-state index in [1.807, 2.05) is 0 Å². The van der Waals surface area contributed by atoms with Crippen LogP contribution >= 0.6 is 11.6 Å². The molecule has 0 unspecified atom stereocenters. The van der Waals surface area contributed by atoms with E-state index < -0.39 is 0 Å². The highest BCUT2D eigenvalue weighted by molar-refractivity contribution is 6.30. The average molecular weight is 239 g/mol. The Hall–Kier alpha value is -1.00. The van der Waals surface area contributed by atoms with Crippen LogP contribution in [0.2, 0.25) is 5.02 Å². The number of rotatable bonds is 4. The van der Waals surface area contributed by atoms with Gasteiger partial charge in [-0.2, -0.15) is 0 Å². The molecule has 0 saturated heterocycles. The van der Waals surface area contributed by atoms with Crippen molar-refractivity contribution in [2.45, 2.75) is 39.0 Å². The summed E-state index contributed by atoms with van der Waals surface area (Å²) in [6, 6.07) is 4.38. The van der Waals surface area contributed by atoms with Crippen LogP contribution in [0.4, 0.5) is 4.39 Å². The van der Waals surface area contributed by atoms with Gasteiger partial charge < -0.3 is 0 Å². The summed E-state index contributed by atoms with van der Waals surface area (Å²) in [5.41, 5.74) is 0.653. The molecule has 0 radical (unpaired) electrons. The quantitative estimate of drug-likeness (QED) is 0.522. The Bertz CT molecular complexity index is 367. The fraction of sp³-hybridized carbons (Fsp3) is 0.429. The number of halogens is 2. The molecule has 0 saturated carbocycles. The van der Waals surface area contributed by atoms with Gasteiger partial charge >= 0.3 is 0 Å². The van der Waals surface area contributed by atoms with Crippen LogP contribution in [0.5, 0.6) is 0 Å². The van der Waals surface area contributed by atoms with Crippen LogP contribution in [0.3, 0.4) is 0 Å².